The van der Waals surface area contributed by atoms with Crippen LogP contribution in [0.3, 0.4) is 0 Å². The van der Waals surface area contributed by atoms with E-state index in [1.165, 1.54) is 12.3 Å². The number of pyridine rings is 1. The number of nitrogens with zero attached hydrogens (tertiary/aromatic N) is 2. The third-order valence-electron chi connectivity index (χ3n) is 4.22. The van der Waals surface area contributed by atoms with Gasteiger partial charge in [-0.05, 0) is 42.5 Å². The summed E-state index contributed by atoms with van der Waals surface area (Å²) in [4.78, 5) is 20.0. The van der Waals surface area contributed by atoms with Crippen LogP contribution in [-0.2, 0) is 0 Å². The monoisotopic (exact) mass is 419 g/mol. The Morgan fingerprint density at radius 1 is 1.10 bits per heavy atom. The molecule has 1 heterocycles. The molecule has 30 heavy (non-hydrogen) atoms. The van der Waals surface area contributed by atoms with Crippen molar-refractivity contribution in [2.24, 2.45) is 10.7 Å². The lowest BCUT2D eigenvalue weighted by Crippen LogP contribution is -2.16. The molecular weight excluding hydrogens is 402 g/mol. The van der Waals surface area contributed by atoms with Crippen molar-refractivity contribution in [3.05, 3.63) is 88.2 Å². The van der Waals surface area contributed by atoms with Crippen LogP contribution in [0.15, 0.2) is 65.8 Å². The Hall–Kier alpha value is -4.04. The number of nitrogen functional groups attached to an aromatic ring is 1. The van der Waals surface area contributed by atoms with Crippen molar-refractivity contribution in [3.8, 4) is 0 Å². The van der Waals surface area contributed by atoms with Gasteiger partial charge in [0.05, 0.1) is 11.3 Å². The molecule has 3 rings (SSSR count). The van der Waals surface area contributed by atoms with E-state index in [4.69, 9.17) is 33.9 Å². The maximum atomic E-state index is 12.4. The molecule has 7 N–H and O–H groups in total. The quantitative estimate of drug-likeness (QED) is 0.180. The first-order valence-electron chi connectivity index (χ1n) is 8.73. The maximum absolute atomic E-state index is 12.4. The summed E-state index contributed by atoms with van der Waals surface area (Å²) in [6.07, 6.45) is 2.23. The molecule has 0 saturated heterocycles. The number of hydrogen-bond acceptors (Lipinski definition) is 5. The van der Waals surface area contributed by atoms with Gasteiger partial charge in [-0.3, -0.25) is 15.6 Å². The van der Waals surface area contributed by atoms with Crippen molar-refractivity contribution < 1.29 is 4.79 Å². The Morgan fingerprint density at radius 3 is 2.57 bits per heavy atom. The van der Waals surface area contributed by atoms with Crippen molar-refractivity contribution in [2.75, 3.05) is 11.1 Å². The van der Waals surface area contributed by atoms with Gasteiger partial charge in [0.15, 0.2) is 0 Å². The first-order chi connectivity index (χ1) is 14.4. The molecule has 0 atom stereocenters. The van der Waals surface area contributed by atoms with E-state index in [-0.39, 0.29) is 17.5 Å². The Balaban J connectivity index is 1.87. The second-order valence-electron chi connectivity index (χ2n) is 6.22. The summed E-state index contributed by atoms with van der Waals surface area (Å²) in [5.41, 5.74) is 14.9. The molecule has 0 aliphatic heterocycles. The predicted molar refractivity (Wildman–Crippen MR) is 120 cm³/mol. The van der Waals surface area contributed by atoms with Crippen LogP contribution < -0.4 is 16.8 Å². The number of hydrogen-bond donors (Lipinski definition) is 5. The minimum Gasteiger partial charge on any atom is -0.398 e. The van der Waals surface area contributed by atoms with E-state index >= 15 is 0 Å². The number of carbonyl (C=O) groups excluding carboxylic acids is 1. The fourth-order valence-electron chi connectivity index (χ4n) is 2.70. The van der Waals surface area contributed by atoms with Gasteiger partial charge >= 0.3 is 0 Å². The number of halogens is 1. The van der Waals surface area contributed by atoms with Gasteiger partial charge in [-0.15, -0.1) is 0 Å². The lowest BCUT2D eigenvalue weighted by Gasteiger charge is -2.12. The molecule has 0 aliphatic carbocycles. The first-order valence-corrected chi connectivity index (χ1v) is 9.11. The lowest BCUT2D eigenvalue weighted by molar-refractivity contribution is 0.102. The summed E-state index contributed by atoms with van der Waals surface area (Å²) in [5.74, 6) is -0.198. The van der Waals surface area contributed by atoms with E-state index < -0.39 is 0 Å². The minimum atomic E-state index is -0.347. The number of amidine groups is 1. The molecule has 0 radical (unpaired) electrons. The largest absolute Gasteiger partial charge is 0.398 e. The molecule has 8 nitrogen and oxygen atoms in total. The Labute approximate surface area is 177 Å². The number of amides is 1. The fraction of sp³-hybridized carbons (Fsp3) is 0. The van der Waals surface area contributed by atoms with Crippen molar-refractivity contribution in [2.45, 2.75) is 0 Å². The van der Waals surface area contributed by atoms with E-state index in [0.717, 1.165) is 6.34 Å². The second-order valence-corrected chi connectivity index (χ2v) is 6.61. The summed E-state index contributed by atoms with van der Waals surface area (Å²) in [6, 6.07) is 14.9. The molecule has 2 aromatic carbocycles. The molecule has 150 valence electrons. The highest BCUT2D eigenvalue weighted by Crippen LogP contribution is 2.21. The lowest BCUT2D eigenvalue weighted by atomic mass is 9.98. The van der Waals surface area contributed by atoms with Gasteiger partial charge in [-0.2, -0.15) is 0 Å². The van der Waals surface area contributed by atoms with Crippen LogP contribution >= 0.6 is 11.6 Å². The number of aliphatic imine (C=N–C) groups is 1. The Kier molecular flexibility index (Phi) is 6.19. The number of nitrogens with two attached hydrogens (primary N) is 2. The van der Waals surface area contributed by atoms with Crippen molar-refractivity contribution in [1.29, 1.82) is 10.8 Å². The van der Waals surface area contributed by atoms with Gasteiger partial charge in [0.2, 0.25) is 0 Å². The number of aromatic nitrogens is 1. The third kappa shape index (κ3) is 4.68. The maximum Gasteiger partial charge on any atom is 0.257 e. The van der Waals surface area contributed by atoms with Crippen LogP contribution in [0.25, 0.3) is 0 Å². The van der Waals surface area contributed by atoms with Crippen LogP contribution in [0.1, 0.15) is 27.0 Å². The zero-order valence-electron chi connectivity index (χ0n) is 15.7. The van der Waals surface area contributed by atoms with Crippen molar-refractivity contribution in [3.63, 3.8) is 0 Å². The highest BCUT2D eigenvalue weighted by atomic mass is 35.5. The molecule has 0 saturated carbocycles. The number of rotatable bonds is 6. The summed E-state index contributed by atoms with van der Waals surface area (Å²) >= 11 is 5.75. The predicted octanol–water partition coefficient (Wildman–Crippen LogP) is 3.30. The van der Waals surface area contributed by atoms with Crippen LogP contribution in [-0.4, -0.2) is 28.8 Å². The van der Waals surface area contributed by atoms with Crippen LogP contribution in [0, 0.1) is 10.8 Å². The number of nitrogens with one attached hydrogen (secondary N) is 3. The van der Waals surface area contributed by atoms with Gasteiger partial charge in [0.1, 0.15) is 17.3 Å². The topological polar surface area (TPSA) is 154 Å². The first kappa shape index (κ1) is 20.7. The van der Waals surface area contributed by atoms with Gasteiger partial charge in [0.25, 0.3) is 5.91 Å². The van der Waals surface area contributed by atoms with Gasteiger partial charge < -0.3 is 16.8 Å². The molecule has 9 heteroatoms. The summed E-state index contributed by atoms with van der Waals surface area (Å²) in [6.45, 7) is 0. The van der Waals surface area contributed by atoms with E-state index in [9.17, 15) is 4.79 Å². The van der Waals surface area contributed by atoms with E-state index in [1.54, 1.807) is 48.5 Å². The Morgan fingerprint density at radius 2 is 1.87 bits per heavy atom. The average molecular weight is 420 g/mol. The van der Waals surface area contributed by atoms with Gasteiger partial charge in [0, 0.05) is 34.3 Å². The minimum absolute atomic E-state index is 0.150. The Bertz CT molecular complexity index is 1160. The highest BCUT2D eigenvalue weighted by Gasteiger charge is 2.13. The van der Waals surface area contributed by atoms with Crippen LogP contribution in [0.2, 0.25) is 5.15 Å². The molecule has 0 fully saturated rings. The van der Waals surface area contributed by atoms with Crippen LogP contribution in [0.5, 0.6) is 0 Å². The molecule has 0 aliphatic rings. The smallest absolute Gasteiger partial charge is 0.257 e. The molecule has 0 spiro atoms. The van der Waals surface area contributed by atoms with E-state index in [0.29, 0.717) is 38.8 Å². The van der Waals surface area contributed by atoms with Gasteiger partial charge in [-0.1, -0.05) is 23.7 Å². The third-order valence-corrected chi connectivity index (χ3v) is 4.44. The summed E-state index contributed by atoms with van der Waals surface area (Å²) < 4.78 is 0. The molecular formula is C21H18ClN7O. The summed E-state index contributed by atoms with van der Waals surface area (Å²) in [5, 5.41) is 18.7. The van der Waals surface area contributed by atoms with Crippen LogP contribution in [0.4, 0.5) is 11.4 Å². The molecule has 0 unspecified atom stereocenters. The zero-order valence-corrected chi connectivity index (χ0v) is 16.4. The second kappa shape index (κ2) is 8.97. The molecule has 3 aromatic rings. The van der Waals surface area contributed by atoms with E-state index in [1.807, 2.05) is 0 Å². The zero-order chi connectivity index (χ0) is 21.7. The number of anilines is 2. The van der Waals surface area contributed by atoms with Gasteiger partial charge in [-0.25, -0.2) is 9.98 Å². The molecule has 1 amide bonds. The molecule has 1 aromatic heterocycles. The normalized spacial score (nSPS) is 11.0. The number of benzene rings is 2. The fourth-order valence-corrected chi connectivity index (χ4v) is 2.81. The SMILES string of the molecule is N=CN=C(N)c1ccc(N)c(C(=N)c2cccc(NC(=O)c3ccc(Cl)nc3)c2)c1. The molecule has 0 bridgehead atoms. The van der Waals surface area contributed by atoms with E-state index in [2.05, 4.69) is 15.3 Å². The summed E-state index contributed by atoms with van der Waals surface area (Å²) in [7, 11) is 0. The number of carbonyl (C=O) groups is 1. The van der Waals surface area contributed by atoms with Crippen molar-refractivity contribution in [1.82, 2.24) is 4.98 Å². The highest BCUT2D eigenvalue weighted by molar-refractivity contribution is 6.29. The van der Waals surface area contributed by atoms with Crippen molar-refractivity contribution >= 4 is 46.8 Å². The average Bonchev–Trinajstić information content (AvgIpc) is 2.74. The standard InChI is InChI=1S/C21H18ClN7O/c22-18-7-5-14(10-27-18)21(30)29-15-3-1-2-12(8-15)19(25)16-9-13(4-6-17(16)24)20(26)28-11-23/h1-11,25H,24H2,(H,29,30)(H3,23,26,28).